The highest BCUT2D eigenvalue weighted by Gasteiger charge is 2.23. The molecule has 3 N–H and O–H groups in total. The zero-order chi connectivity index (χ0) is 20.8. The van der Waals surface area contributed by atoms with Gasteiger partial charge in [-0.25, -0.2) is 4.39 Å². The lowest BCUT2D eigenvalue weighted by Gasteiger charge is -2.25. The number of rotatable bonds is 8. The van der Waals surface area contributed by atoms with Crippen LogP contribution in [0.15, 0.2) is 72.8 Å². The second kappa shape index (κ2) is 9.48. The normalized spacial score (nSPS) is 13.1. The lowest BCUT2D eigenvalue weighted by atomic mass is 9.95. The standard InChI is InChI=1S/C25H27FN2O/c1-17-8-10-19(11-9-17)12-15-23(21-13-14-22(26)18(2)16-21)28-24(25(27)29)20-6-4-3-5-7-20/h3-11,13-14,16,23-24,28H,12,15H2,1-2H3,(H2,27,29)/t23-,24+/m1/s1. The first-order chi connectivity index (χ1) is 13.9. The third-order valence-electron chi connectivity index (χ3n) is 5.21. The fraction of sp³-hybridized carbons (Fsp3) is 0.240. The highest BCUT2D eigenvalue weighted by molar-refractivity contribution is 5.81. The summed E-state index contributed by atoms with van der Waals surface area (Å²) < 4.78 is 13.8. The molecular formula is C25H27FN2O. The van der Waals surface area contributed by atoms with E-state index < -0.39 is 11.9 Å². The second-order valence-electron chi connectivity index (χ2n) is 7.50. The van der Waals surface area contributed by atoms with E-state index in [2.05, 4.69) is 36.5 Å². The molecular weight excluding hydrogens is 363 g/mol. The van der Waals surface area contributed by atoms with Crippen molar-refractivity contribution in [3.63, 3.8) is 0 Å². The first-order valence-electron chi connectivity index (χ1n) is 9.86. The van der Waals surface area contributed by atoms with Gasteiger partial charge >= 0.3 is 0 Å². The van der Waals surface area contributed by atoms with Gasteiger partial charge in [0.1, 0.15) is 11.9 Å². The summed E-state index contributed by atoms with van der Waals surface area (Å²) in [7, 11) is 0. The van der Waals surface area contributed by atoms with Gasteiger partial charge in [-0.2, -0.15) is 0 Å². The van der Waals surface area contributed by atoms with E-state index in [9.17, 15) is 9.18 Å². The van der Waals surface area contributed by atoms with Crippen LogP contribution in [0.5, 0.6) is 0 Å². The Morgan fingerprint density at radius 2 is 1.66 bits per heavy atom. The zero-order valence-electron chi connectivity index (χ0n) is 16.9. The molecule has 0 saturated carbocycles. The smallest absolute Gasteiger partial charge is 0.239 e. The second-order valence-corrected chi connectivity index (χ2v) is 7.50. The summed E-state index contributed by atoms with van der Waals surface area (Å²) in [5.74, 6) is -0.670. The summed E-state index contributed by atoms with van der Waals surface area (Å²) in [5, 5.41) is 3.42. The Balaban J connectivity index is 1.87. The molecule has 3 aromatic carbocycles. The molecule has 0 radical (unpaired) electrons. The molecule has 150 valence electrons. The highest BCUT2D eigenvalue weighted by Crippen LogP contribution is 2.26. The topological polar surface area (TPSA) is 55.1 Å². The van der Waals surface area contributed by atoms with Crippen LogP contribution >= 0.6 is 0 Å². The van der Waals surface area contributed by atoms with E-state index in [1.54, 1.807) is 13.0 Å². The minimum atomic E-state index is -0.621. The van der Waals surface area contributed by atoms with Crippen molar-refractivity contribution in [1.29, 1.82) is 0 Å². The number of carbonyl (C=O) groups is 1. The monoisotopic (exact) mass is 390 g/mol. The van der Waals surface area contributed by atoms with Gasteiger partial charge in [-0.05, 0) is 55.0 Å². The van der Waals surface area contributed by atoms with Crippen LogP contribution < -0.4 is 11.1 Å². The highest BCUT2D eigenvalue weighted by atomic mass is 19.1. The van der Waals surface area contributed by atoms with E-state index in [4.69, 9.17) is 5.73 Å². The Kier molecular flexibility index (Phi) is 6.78. The number of carbonyl (C=O) groups excluding carboxylic acids is 1. The molecule has 0 unspecified atom stereocenters. The number of benzene rings is 3. The Morgan fingerprint density at radius 3 is 2.28 bits per heavy atom. The molecule has 0 saturated heterocycles. The number of nitrogens with two attached hydrogens (primary N) is 1. The molecule has 4 heteroatoms. The summed E-state index contributed by atoms with van der Waals surface area (Å²) in [6, 6.07) is 22.2. The van der Waals surface area contributed by atoms with Crippen molar-refractivity contribution in [3.8, 4) is 0 Å². The number of aryl methyl sites for hydroxylation is 3. The molecule has 0 aliphatic heterocycles. The minimum Gasteiger partial charge on any atom is -0.368 e. The number of nitrogens with one attached hydrogen (secondary N) is 1. The van der Waals surface area contributed by atoms with Gasteiger partial charge in [-0.15, -0.1) is 0 Å². The van der Waals surface area contributed by atoms with Crippen LogP contribution in [0.3, 0.4) is 0 Å². The van der Waals surface area contributed by atoms with Crippen molar-refractivity contribution in [2.45, 2.75) is 38.8 Å². The Labute approximate surface area is 171 Å². The van der Waals surface area contributed by atoms with E-state index in [-0.39, 0.29) is 11.9 Å². The van der Waals surface area contributed by atoms with E-state index in [0.29, 0.717) is 5.56 Å². The van der Waals surface area contributed by atoms with Crippen LogP contribution in [0.4, 0.5) is 4.39 Å². The number of halogens is 1. The predicted molar refractivity (Wildman–Crippen MR) is 115 cm³/mol. The quantitative estimate of drug-likeness (QED) is 0.573. The van der Waals surface area contributed by atoms with Gasteiger partial charge in [0.15, 0.2) is 0 Å². The SMILES string of the molecule is Cc1ccc(CC[C@@H](N[C@H](C(N)=O)c2ccccc2)c2ccc(F)c(C)c2)cc1. The lowest BCUT2D eigenvalue weighted by Crippen LogP contribution is -2.36. The third-order valence-corrected chi connectivity index (χ3v) is 5.21. The van der Waals surface area contributed by atoms with Gasteiger partial charge in [0.05, 0.1) is 0 Å². The van der Waals surface area contributed by atoms with Crippen LogP contribution in [0.25, 0.3) is 0 Å². The molecule has 2 atom stereocenters. The minimum absolute atomic E-state index is 0.145. The Morgan fingerprint density at radius 1 is 0.966 bits per heavy atom. The number of primary amides is 1. The molecule has 0 aliphatic carbocycles. The van der Waals surface area contributed by atoms with E-state index in [1.807, 2.05) is 36.4 Å². The van der Waals surface area contributed by atoms with E-state index in [0.717, 1.165) is 24.0 Å². The van der Waals surface area contributed by atoms with E-state index in [1.165, 1.54) is 17.2 Å². The molecule has 0 fully saturated rings. The number of hydrogen-bond donors (Lipinski definition) is 2. The average molecular weight is 391 g/mol. The van der Waals surface area contributed by atoms with Crippen molar-refractivity contribution >= 4 is 5.91 Å². The molecule has 1 amide bonds. The number of hydrogen-bond acceptors (Lipinski definition) is 2. The fourth-order valence-corrected chi connectivity index (χ4v) is 3.49. The van der Waals surface area contributed by atoms with Crippen LogP contribution in [-0.4, -0.2) is 5.91 Å². The van der Waals surface area contributed by atoms with Gasteiger partial charge in [0.25, 0.3) is 0 Å². The summed E-state index contributed by atoms with van der Waals surface area (Å²) in [4.78, 5) is 12.2. The van der Waals surface area contributed by atoms with Crippen molar-refractivity contribution in [2.24, 2.45) is 5.73 Å². The molecule has 0 aliphatic rings. The largest absolute Gasteiger partial charge is 0.368 e. The third kappa shape index (κ3) is 5.52. The lowest BCUT2D eigenvalue weighted by molar-refractivity contribution is -0.120. The van der Waals surface area contributed by atoms with Crippen LogP contribution in [0.1, 0.15) is 46.3 Å². The average Bonchev–Trinajstić information content (AvgIpc) is 2.72. The summed E-state index contributed by atoms with van der Waals surface area (Å²) in [6.07, 6.45) is 1.58. The molecule has 29 heavy (non-hydrogen) atoms. The summed E-state index contributed by atoms with van der Waals surface area (Å²) in [5.41, 5.74) is 10.5. The maximum absolute atomic E-state index is 13.8. The van der Waals surface area contributed by atoms with Crippen molar-refractivity contribution < 1.29 is 9.18 Å². The van der Waals surface area contributed by atoms with Gasteiger partial charge in [0, 0.05) is 6.04 Å². The molecule has 0 heterocycles. The first kappa shape index (κ1) is 20.7. The van der Waals surface area contributed by atoms with Crippen molar-refractivity contribution in [1.82, 2.24) is 5.32 Å². The zero-order valence-corrected chi connectivity index (χ0v) is 16.9. The fourth-order valence-electron chi connectivity index (χ4n) is 3.49. The van der Waals surface area contributed by atoms with Gasteiger partial charge in [0.2, 0.25) is 5.91 Å². The van der Waals surface area contributed by atoms with Gasteiger partial charge < -0.3 is 5.73 Å². The maximum Gasteiger partial charge on any atom is 0.239 e. The first-order valence-corrected chi connectivity index (χ1v) is 9.86. The molecule has 3 aromatic rings. The molecule has 0 aromatic heterocycles. The van der Waals surface area contributed by atoms with Crippen LogP contribution in [0, 0.1) is 19.7 Å². The maximum atomic E-state index is 13.8. The molecule has 3 rings (SSSR count). The van der Waals surface area contributed by atoms with Crippen molar-refractivity contribution in [3.05, 3.63) is 106 Å². The summed E-state index contributed by atoms with van der Waals surface area (Å²) in [6.45, 7) is 3.81. The molecule has 0 bridgehead atoms. The Hall–Kier alpha value is -2.98. The van der Waals surface area contributed by atoms with E-state index >= 15 is 0 Å². The van der Waals surface area contributed by atoms with Gasteiger partial charge in [-0.1, -0.05) is 72.3 Å². The number of amides is 1. The molecule has 0 spiro atoms. The molecule has 3 nitrogen and oxygen atoms in total. The van der Waals surface area contributed by atoms with Crippen LogP contribution in [-0.2, 0) is 11.2 Å². The predicted octanol–water partition coefficient (Wildman–Crippen LogP) is 4.93. The van der Waals surface area contributed by atoms with Crippen LogP contribution in [0.2, 0.25) is 0 Å². The summed E-state index contributed by atoms with van der Waals surface area (Å²) >= 11 is 0. The van der Waals surface area contributed by atoms with Gasteiger partial charge in [-0.3, -0.25) is 10.1 Å². The Bertz CT molecular complexity index is 954. The van der Waals surface area contributed by atoms with Crippen molar-refractivity contribution in [2.75, 3.05) is 0 Å².